The Labute approximate surface area is 146 Å². The molecule has 0 spiro atoms. The molecule has 1 aromatic heterocycles. The second-order valence-corrected chi connectivity index (χ2v) is 5.78. The fraction of sp³-hybridized carbons (Fsp3) is 0.263. The van der Waals surface area contributed by atoms with Gasteiger partial charge in [-0.1, -0.05) is 12.1 Å². The maximum Gasteiger partial charge on any atom is 0.251 e. The summed E-state index contributed by atoms with van der Waals surface area (Å²) in [5, 5.41) is 2.98. The molecule has 0 saturated carbocycles. The number of rotatable bonds is 5. The molecule has 0 aliphatic heterocycles. The molecule has 0 aliphatic carbocycles. The van der Waals surface area contributed by atoms with E-state index >= 15 is 0 Å². The third-order valence-electron chi connectivity index (χ3n) is 4.20. The van der Waals surface area contributed by atoms with Gasteiger partial charge in [0.05, 0.1) is 31.3 Å². The van der Waals surface area contributed by atoms with E-state index in [0.717, 1.165) is 16.9 Å². The van der Waals surface area contributed by atoms with Crippen molar-refractivity contribution in [2.24, 2.45) is 7.05 Å². The molecule has 3 rings (SSSR count). The zero-order valence-electron chi connectivity index (χ0n) is 14.7. The van der Waals surface area contributed by atoms with Gasteiger partial charge in [0.2, 0.25) is 0 Å². The summed E-state index contributed by atoms with van der Waals surface area (Å²) in [6.07, 6.45) is 0. The Morgan fingerprint density at radius 2 is 1.84 bits per heavy atom. The minimum Gasteiger partial charge on any atom is -0.493 e. The van der Waals surface area contributed by atoms with Crippen LogP contribution in [-0.4, -0.2) is 29.7 Å². The maximum atomic E-state index is 12.6. The Bertz CT molecular complexity index is 917. The predicted octanol–water partition coefficient (Wildman–Crippen LogP) is 3.08. The van der Waals surface area contributed by atoms with Gasteiger partial charge in [-0.25, -0.2) is 4.98 Å². The van der Waals surface area contributed by atoms with E-state index in [-0.39, 0.29) is 11.9 Å². The van der Waals surface area contributed by atoms with Crippen LogP contribution in [0.1, 0.15) is 29.1 Å². The molecule has 1 amide bonds. The van der Waals surface area contributed by atoms with Gasteiger partial charge in [0, 0.05) is 12.6 Å². The lowest BCUT2D eigenvalue weighted by atomic mass is 10.1. The smallest absolute Gasteiger partial charge is 0.251 e. The van der Waals surface area contributed by atoms with E-state index in [9.17, 15) is 4.79 Å². The Hall–Kier alpha value is -3.02. The van der Waals surface area contributed by atoms with Crippen molar-refractivity contribution in [1.29, 1.82) is 0 Å². The minimum absolute atomic E-state index is 0.194. The van der Waals surface area contributed by atoms with E-state index in [1.807, 2.05) is 42.8 Å². The van der Waals surface area contributed by atoms with Crippen LogP contribution in [0.3, 0.4) is 0 Å². The number of aromatic nitrogens is 2. The average Bonchev–Trinajstić information content (AvgIpc) is 2.98. The van der Waals surface area contributed by atoms with Crippen LogP contribution in [0.4, 0.5) is 0 Å². The Kier molecular flexibility index (Phi) is 4.61. The second kappa shape index (κ2) is 6.84. The highest BCUT2D eigenvalue weighted by molar-refractivity contribution is 5.95. The van der Waals surface area contributed by atoms with Crippen LogP contribution in [0.2, 0.25) is 0 Å². The van der Waals surface area contributed by atoms with Crippen LogP contribution in [0.5, 0.6) is 11.5 Å². The van der Waals surface area contributed by atoms with E-state index in [1.54, 1.807) is 32.4 Å². The van der Waals surface area contributed by atoms with Crippen molar-refractivity contribution in [3.05, 3.63) is 53.9 Å². The molecule has 0 fully saturated rings. The fourth-order valence-electron chi connectivity index (χ4n) is 2.87. The number of nitrogens with one attached hydrogen (secondary N) is 1. The molecule has 0 aliphatic rings. The Morgan fingerprint density at radius 3 is 2.52 bits per heavy atom. The van der Waals surface area contributed by atoms with E-state index in [4.69, 9.17) is 9.47 Å². The third-order valence-corrected chi connectivity index (χ3v) is 4.20. The van der Waals surface area contributed by atoms with Crippen LogP contribution in [0.25, 0.3) is 11.0 Å². The van der Waals surface area contributed by atoms with Crippen molar-refractivity contribution in [2.75, 3.05) is 14.2 Å². The number of carbonyl (C=O) groups is 1. The summed E-state index contributed by atoms with van der Waals surface area (Å²) in [6.45, 7) is 1.92. The lowest BCUT2D eigenvalue weighted by molar-refractivity contribution is 0.0937. The molecule has 25 heavy (non-hydrogen) atoms. The molecule has 2 aromatic carbocycles. The zero-order valence-corrected chi connectivity index (χ0v) is 14.7. The van der Waals surface area contributed by atoms with E-state index < -0.39 is 0 Å². The highest BCUT2D eigenvalue weighted by Gasteiger charge is 2.18. The maximum absolute atomic E-state index is 12.6. The number of methoxy groups -OCH3 is 2. The van der Waals surface area contributed by atoms with Crippen molar-refractivity contribution in [1.82, 2.24) is 14.9 Å². The number of hydrogen-bond acceptors (Lipinski definition) is 4. The van der Waals surface area contributed by atoms with E-state index in [0.29, 0.717) is 17.1 Å². The van der Waals surface area contributed by atoms with Gasteiger partial charge >= 0.3 is 0 Å². The molecule has 0 saturated heterocycles. The van der Waals surface area contributed by atoms with Gasteiger partial charge in [-0.05, 0) is 37.3 Å². The van der Waals surface area contributed by atoms with Gasteiger partial charge in [0.1, 0.15) is 5.82 Å². The van der Waals surface area contributed by atoms with Gasteiger partial charge in [-0.3, -0.25) is 4.79 Å². The van der Waals surface area contributed by atoms with Crippen LogP contribution in [-0.2, 0) is 7.05 Å². The number of carbonyl (C=O) groups excluding carboxylic acids is 1. The average molecular weight is 339 g/mol. The van der Waals surface area contributed by atoms with Gasteiger partial charge in [-0.15, -0.1) is 0 Å². The lowest BCUT2D eigenvalue weighted by Crippen LogP contribution is -2.28. The topological polar surface area (TPSA) is 65.4 Å². The molecule has 3 aromatic rings. The quantitative estimate of drug-likeness (QED) is 0.776. The van der Waals surface area contributed by atoms with Crippen LogP contribution < -0.4 is 14.8 Å². The number of hydrogen-bond donors (Lipinski definition) is 1. The molecule has 1 N–H and O–H groups in total. The first kappa shape index (κ1) is 16.8. The summed E-state index contributed by atoms with van der Waals surface area (Å²) in [4.78, 5) is 17.2. The standard InChI is InChI=1S/C19H21N3O3/c1-12(18-21-14-7-5-6-8-15(14)22(18)2)20-19(23)13-9-10-16(24-3)17(11-13)25-4/h5-12H,1-4H3,(H,20,23)/t12-/m1/s1. The third kappa shape index (κ3) is 3.15. The molecule has 0 radical (unpaired) electrons. The van der Waals surface area contributed by atoms with Crippen LogP contribution in [0.15, 0.2) is 42.5 Å². The first-order valence-corrected chi connectivity index (χ1v) is 7.99. The summed E-state index contributed by atoms with van der Waals surface area (Å²) in [7, 11) is 5.05. The van der Waals surface area contributed by atoms with Gasteiger partial charge in [-0.2, -0.15) is 0 Å². The van der Waals surface area contributed by atoms with Gasteiger partial charge < -0.3 is 19.4 Å². The molecular weight excluding hydrogens is 318 g/mol. The summed E-state index contributed by atoms with van der Waals surface area (Å²) in [5.74, 6) is 1.71. The molecule has 6 heteroatoms. The van der Waals surface area contributed by atoms with Gasteiger partial charge in [0.25, 0.3) is 5.91 Å². The molecule has 1 atom stereocenters. The molecule has 130 valence electrons. The van der Waals surface area contributed by atoms with Gasteiger partial charge in [0.15, 0.2) is 11.5 Å². The van der Waals surface area contributed by atoms with Crippen molar-refractivity contribution in [2.45, 2.75) is 13.0 Å². The largest absolute Gasteiger partial charge is 0.493 e. The van der Waals surface area contributed by atoms with Crippen molar-refractivity contribution in [3.8, 4) is 11.5 Å². The summed E-state index contributed by atoms with van der Waals surface area (Å²) >= 11 is 0. The van der Waals surface area contributed by atoms with Crippen LogP contribution in [0, 0.1) is 0 Å². The molecule has 6 nitrogen and oxygen atoms in total. The number of para-hydroxylation sites is 2. The minimum atomic E-state index is -0.238. The number of amides is 1. The number of ether oxygens (including phenoxy) is 2. The lowest BCUT2D eigenvalue weighted by Gasteiger charge is -2.15. The highest BCUT2D eigenvalue weighted by Crippen LogP contribution is 2.28. The first-order valence-electron chi connectivity index (χ1n) is 7.99. The molecular formula is C19H21N3O3. The summed E-state index contributed by atoms with van der Waals surface area (Å²) in [5.41, 5.74) is 2.44. The predicted molar refractivity (Wildman–Crippen MR) is 96.1 cm³/mol. The SMILES string of the molecule is COc1ccc(C(=O)N[C@H](C)c2nc3ccccc3n2C)cc1OC. The summed E-state index contributed by atoms with van der Waals surface area (Å²) in [6, 6.07) is 12.7. The van der Waals surface area contributed by atoms with E-state index in [1.165, 1.54) is 0 Å². The normalized spacial score (nSPS) is 12.0. The number of imidazole rings is 1. The fourth-order valence-corrected chi connectivity index (χ4v) is 2.87. The highest BCUT2D eigenvalue weighted by atomic mass is 16.5. The van der Waals surface area contributed by atoms with Crippen molar-refractivity contribution in [3.63, 3.8) is 0 Å². The second-order valence-electron chi connectivity index (χ2n) is 5.78. The number of aryl methyl sites for hydroxylation is 1. The number of benzene rings is 2. The monoisotopic (exact) mass is 339 g/mol. The summed E-state index contributed by atoms with van der Waals surface area (Å²) < 4.78 is 12.4. The number of fused-ring (bicyclic) bond motifs is 1. The molecule has 1 heterocycles. The Balaban J connectivity index is 1.83. The number of nitrogens with zero attached hydrogens (tertiary/aromatic N) is 2. The molecule has 0 unspecified atom stereocenters. The first-order chi connectivity index (χ1) is 12.0. The van der Waals surface area contributed by atoms with E-state index in [2.05, 4.69) is 10.3 Å². The Morgan fingerprint density at radius 1 is 1.12 bits per heavy atom. The van der Waals surface area contributed by atoms with Crippen molar-refractivity contribution >= 4 is 16.9 Å². The molecule has 0 bridgehead atoms. The van der Waals surface area contributed by atoms with Crippen LogP contribution >= 0.6 is 0 Å². The van der Waals surface area contributed by atoms with Crippen molar-refractivity contribution < 1.29 is 14.3 Å². The zero-order chi connectivity index (χ0) is 18.0.